The molecule has 0 aliphatic heterocycles. The number of ketones is 1. The maximum Gasteiger partial charge on any atom is 0.159 e. The molecular formula is C23H28N2O2. The summed E-state index contributed by atoms with van der Waals surface area (Å²) in [4.78, 5) is 11.9. The Bertz CT molecular complexity index is 1000. The van der Waals surface area contributed by atoms with Crippen LogP contribution in [0.5, 0.6) is 0 Å². The van der Waals surface area contributed by atoms with Crippen LogP contribution in [-0.2, 0) is 13.0 Å². The van der Waals surface area contributed by atoms with Crippen molar-refractivity contribution in [3.05, 3.63) is 47.0 Å². The number of benzene rings is 2. The van der Waals surface area contributed by atoms with E-state index in [0.29, 0.717) is 0 Å². The van der Waals surface area contributed by atoms with Crippen molar-refractivity contribution in [1.29, 1.82) is 0 Å². The van der Waals surface area contributed by atoms with Crippen molar-refractivity contribution >= 4 is 27.6 Å². The summed E-state index contributed by atoms with van der Waals surface area (Å²) < 4.78 is 2.38. The van der Waals surface area contributed by atoms with Crippen LogP contribution >= 0.6 is 0 Å². The van der Waals surface area contributed by atoms with Crippen LogP contribution in [0.15, 0.2) is 30.3 Å². The topological polar surface area (TPSA) is 54.3 Å². The summed E-state index contributed by atoms with van der Waals surface area (Å²) in [5, 5.41) is 16.2. The molecule has 0 bridgehead atoms. The molecule has 1 aliphatic rings. The van der Waals surface area contributed by atoms with Gasteiger partial charge in [-0.1, -0.05) is 13.0 Å². The maximum atomic E-state index is 11.9. The van der Waals surface area contributed by atoms with Gasteiger partial charge in [0.25, 0.3) is 0 Å². The van der Waals surface area contributed by atoms with Gasteiger partial charge in [0, 0.05) is 33.9 Å². The van der Waals surface area contributed by atoms with E-state index in [1.54, 1.807) is 6.92 Å². The summed E-state index contributed by atoms with van der Waals surface area (Å²) in [5.74, 6) is 0.0918. The Morgan fingerprint density at radius 1 is 1.22 bits per heavy atom. The third kappa shape index (κ3) is 3.17. The molecule has 4 nitrogen and oxygen atoms in total. The average Bonchev–Trinajstić information content (AvgIpc) is 3.19. The van der Waals surface area contributed by atoms with Gasteiger partial charge in [0.05, 0.1) is 6.10 Å². The molecule has 4 heteroatoms. The Morgan fingerprint density at radius 3 is 2.81 bits per heavy atom. The number of aromatic nitrogens is 1. The van der Waals surface area contributed by atoms with E-state index in [1.165, 1.54) is 22.0 Å². The third-order valence-corrected chi connectivity index (χ3v) is 5.77. The normalized spacial score (nSPS) is 16.3. The fourth-order valence-corrected chi connectivity index (χ4v) is 4.42. The lowest BCUT2D eigenvalue weighted by Crippen LogP contribution is -2.17. The van der Waals surface area contributed by atoms with Gasteiger partial charge in [0.2, 0.25) is 0 Å². The van der Waals surface area contributed by atoms with Crippen LogP contribution in [0.1, 0.15) is 60.7 Å². The molecule has 142 valence electrons. The fourth-order valence-electron chi connectivity index (χ4n) is 4.42. The number of hydrogen-bond acceptors (Lipinski definition) is 3. The molecule has 2 aromatic carbocycles. The number of rotatable bonds is 7. The smallest absolute Gasteiger partial charge is 0.159 e. The first kappa shape index (κ1) is 18.2. The zero-order chi connectivity index (χ0) is 19.0. The van der Waals surface area contributed by atoms with Gasteiger partial charge >= 0.3 is 0 Å². The van der Waals surface area contributed by atoms with Gasteiger partial charge in [-0.25, -0.2) is 0 Å². The molecule has 1 aliphatic carbocycles. The lowest BCUT2D eigenvalue weighted by molar-refractivity contribution is 0.101. The Labute approximate surface area is 160 Å². The molecule has 27 heavy (non-hydrogen) atoms. The van der Waals surface area contributed by atoms with E-state index < -0.39 is 0 Å². The first-order chi connectivity index (χ1) is 13.1. The van der Waals surface area contributed by atoms with Gasteiger partial charge in [-0.3, -0.25) is 4.79 Å². The Hall–Kier alpha value is -2.17. The molecule has 0 fully saturated rings. The minimum absolute atomic E-state index is 0.0918. The van der Waals surface area contributed by atoms with E-state index in [9.17, 15) is 9.90 Å². The summed E-state index contributed by atoms with van der Waals surface area (Å²) >= 11 is 0. The fraction of sp³-hybridized carbons (Fsp3) is 0.435. The van der Waals surface area contributed by atoms with Gasteiger partial charge in [-0.05, 0) is 81.1 Å². The highest BCUT2D eigenvalue weighted by Crippen LogP contribution is 2.40. The number of nitrogens with one attached hydrogen (secondary N) is 1. The zero-order valence-corrected chi connectivity index (χ0v) is 16.2. The van der Waals surface area contributed by atoms with Gasteiger partial charge in [0.1, 0.15) is 0 Å². The molecule has 0 radical (unpaired) electrons. The summed E-state index contributed by atoms with van der Waals surface area (Å²) in [6.07, 6.45) is 3.53. The summed E-state index contributed by atoms with van der Waals surface area (Å²) in [6, 6.07) is 10.3. The number of aliphatic hydroxyl groups excluding tert-OH is 1. The minimum Gasteiger partial charge on any atom is -0.388 e. The van der Waals surface area contributed by atoms with Crippen molar-refractivity contribution in [2.24, 2.45) is 0 Å². The molecule has 0 saturated carbocycles. The Kier molecular flexibility index (Phi) is 5.02. The molecule has 0 amide bonds. The largest absolute Gasteiger partial charge is 0.388 e. The van der Waals surface area contributed by atoms with Crippen LogP contribution in [0.4, 0.5) is 0 Å². The molecule has 4 rings (SSSR count). The van der Waals surface area contributed by atoms with Crippen LogP contribution in [0.2, 0.25) is 0 Å². The molecule has 0 saturated heterocycles. The number of Topliss-reactive ketones (excluding diaryl/α,β-unsaturated/α-hetero) is 1. The number of aliphatic hydroxyl groups is 1. The molecule has 1 unspecified atom stereocenters. The second kappa shape index (κ2) is 7.45. The first-order valence-electron chi connectivity index (χ1n) is 10.1. The second-order valence-corrected chi connectivity index (χ2v) is 7.63. The monoisotopic (exact) mass is 364 g/mol. The number of hydrogen-bond donors (Lipinski definition) is 2. The number of nitrogens with zero attached hydrogens (tertiary/aromatic N) is 1. The van der Waals surface area contributed by atoms with E-state index in [4.69, 9.17) is 0 Å². The molecule has 1 aromatic heterocycles. The van der Waals surface area contributed by atoms with Crippen molar-refractivity contribution in [3.8, 4) is 0 Å². The van der Waals surface area contributed by atoms with Crippen LogP contribution in [0.25, 0.3) is 21.8 Å². The van der Waals surface area contributed by atoms with Crippen LogP contribution in [0.3, 0.4) is 0 Å². The lowest BCUT2D eigenvalue weighted by atomic mass is 10.0. The molecule has 0 spiro atoms. The number of aryl methyl sites for hydroxylation is 2. The highest BCUT2D eigenvalue weighted by atomic mass is 16.3. The zero-order valence-electron chi connectivity index (χ0n) is 16.2. The van der Waals surface area contributed by atoms with Crippen molar-refractivity contribution < 1.29 is 9.90 Å². The van der Waals surface area contributed by atoms with E-state index in [1.807, 2.05) is 12.1 Å². The first-order valence-corrected chi connectivity index (χ1v) is 10.1. The second-order valence-electron chi connectivity index (χ2n) is 7.63. The molecule has 1 atom stereocenters. The SMILES string of the molecule is CCCNCCCn1c2ccc(C(C)=O)cc2c2c3c(ccc21)C(O)CC3. The quantitative estimate of drug-likeness (QED) is 0.484. The highest BCUT2D eigenvalue weighted by Gasteiger charge is 2.25. The highest BCUT2D eigenvalue weighted by molar-refractivity contribution is 6.12. The van der Waals surface area contributed by atoms with Gasteiger partial charge in [-0.2, -0.15) is 0 Å². The van der Waals surface area contributed by atoms with Crippen LogP contribution < -0.4 is 5.32 Å². The number of carbonyl (C=O) groups excluding carboxylic acids is 1. The van der Waals surface area contributed by atoms with Crippen LogP contribution in [0, 0.1) is 0 Å². The predicted molar refractivity (Wildman–Crippen MR) is 111 cm³/mol. The Balaban J connectivity index is 1.84. The summed E-state index contributed by atoms with van der Waals surface area (Å²) in [5.41, 5.74) is 5.46. The molecule has 3 aromatic rings. The summed E-state index contributed by atoms with van der Waals surface area (Å²) in [7, 11) is 0. The van der Waals surface area contributed by atoms with Crippen molar-refractivity contribution in [3.63, 3.8) is 0 Å². The average molecular weight is 364 g/mol. The van der Waals surface area contributed by atoms with E-state index >= 15 is 0 Å². The van der Waals surface area contributed by atoms with E-state index in [-0.39, 0.29) is 11.9 Å². The van der Waals surface area contributed by atoms with Crippen LogP contribution in [-0.4, -0.2) is 28.5 Å². The van der Waals surface area contributed by atoms with Gasteiger partial charge in [0.15, 0.2) is 5.78 Å². The van der Waals surface area contributed by atoms with Gasteiger partial charge in [-0.15, -0.1) is 0 Å². The van der Waals surface area contributed by atoms with Crippen molar-refractivity contribution in [1.82, 2.24) is 9.88 Å². The Morgan fingerprint density at radius 2 is 2.04 bits per heavy atom. The van der Waals surface area contributed by atoms with Gasteiger partial charge < -0.3 is 15.0 Å². The molecule has 1 heterocycles. The standard InChI is InChI=1S/C23H28N2O2/c1-3-11-24-12-4-13-25-20-8-5-16(15(2)26)14-19(20)23-18-7-10-22(27)17(18)6-9-21(23)25/h5-6,8-9,14,22,24,27H,3-4,7,10-13H2,1-2H3. The predicted octanol–water partition coefficient (Wildman–Crippen LogP) is 4.37. The third-order valence-electron chi connectivity index (χ3n) is 5.77. The van der Waals surface area contributed by atoms with Crippen molar-refractivity contribution in [2.45, 2.75) is 52.2 Å². The molecular weight excluding hydrogens is 336 g/mol. The molecule has 2 N–H and O–H groups in total. The summed E-state index contributed by atoms with van der Waals surface area (Å²) in [6.45, 7) is 6.80. The maximum absolute atomic E-state index is 11.9. The lowest BCUT2D eigenvalue weighted by Gasteiger charge is -2.09. The van der Waals surface area contributed by atoms with E-state index in [0.717, 1.165) is 61.8 Å². The van der Waals surface area contributed by atoms with Crippen molar-refractivity contribution in [2.75, 3.05) is 13.1 Å². The van der Waals surface area contributed by atoms with E-state index in [2.05, 4.69) is 35.0 Å². The minimum atomic E-state index is -0.364. The number of carbonyl (C=O) groups is 1. The number of fused-ring (bicyclic) bond motifs is 5.